The van der Waals surface area contributed by atoms with Crippen molar-refractivity contribution in [2.45, 2.75) is 39.2 Å². The Kier molecular flexibility index (Phi) is 4.08. The zero-order valence-electron chi connectivity index (χ0n) is 14.0. The number of nitrogens with zero attached hydrogens (tertiary/aromatic N) is 5. The second-order valence-electron chi connectivity index (χ2n) is 6.22. The smallest absolute Gasteiger partial charge is 0.265 e. The van der Waals surface area contributed by atoms with Crippen LogP contribution in [0, 0.1) is 13.8 Å². The van der Waals surface area contributed by atoms with Gasteiger partial charge in [-0.2, -0.15) is 5.10 Å². The molecule has 1 amide bonds. The van der Waals surface area contributed by atoms with E-state index in [-0.39, 0.29) is 5.91 Å². The highest BCUT2D eigenvalue weighted by Gasteiger charge is 2.31. The molecule has 1 N–H and O–H groups in total. The number of carbonyl (C=O) groups excluding carboxylic acids is 1. The summed E-state index contributed by atoms with van der Waals surface area (Å²) in [6.07, 6.45) is 4.14. The van der Waals surface area contributed by atoms with E-state index in [1.807, 2.05) is 23.9 Å². The zero-order valence-corrected chi connectivity index (χ0v) is 14.8. The number of aryl methyl sites for hydroxylation is 2. The number of carbonyl (C=O) groups is 1. The first-order valence-corrected chi connectivity index (χ1v) is 8.97. The molecule has 0 aromatic carbocycles. The van der Waals surface area contributed by atoms with Gasteiger partial charge in [0.05, 0.1) is 35.4 Å². The molecule has 0 atom stereocenters. The van der Waals surface area contributed by atoms with Gasteiger partial charge < -0.3 is 9.84 Å². The van der Waals surface area contributed by atoms with Crippen LogP contribution in [0.1, 0.15) is 45.5 Å². The Labute approximate surface area is 148 Å². The molecule has 130 valence electrons. The van der Waals surface area contributed by atoms with Crippen molar-refractivity contribution in [2.24, 2.45) is 0 Å². The Morgan fingerprint density at radius 3 is 2.92 bits per heavy atom. The summed E-state index contributed by atoms with van der Waals surface area (Å²) in [5.41, 5.74) is 3.67. The quantitative estimate of drug-likeness (QED) is 0.726. The molecule has 0 saturated heterocycles. The molecule has 1 saturated carbocycles. The molecule has 0 aliphatic heterocycles. The molecule has 25 heavy (non-hydrogen) atoms. The van der Waals surface area contributed by atoms with Gasteiger partial charge in [-0.3, -0.25) is 9.48 Å². The average Bonchev–Trinajstić information content (AvgIpc) is 2.98. The maximum Gasteiger partial charge on any atom is 0.265 e. The van der Waals surface area contributed by atoms with Crippen molar-refractivity contribution in [3.63, 3.8) is 0 Å². The fraction of sp³-hybridized carbons (Fsp3) is 0.438. The first kappa shape index (κ1) is 15.9. The Balaban J connectivity index is 1.47. The number of nitrogens with one attached hydrogen (secondary N) is 1. The van der Waals surface area contributed by atoms with Crippen LogP contribution in [-0.2, 0) is 6.54 Å². The molecule has 0 spiro atoms. The highest BCUT2D eigenvalue weighted by molar-refractivity contribution is 7.07. The lowest BCUT2D eigenvalue weighted by Gasteiger charge is -2.09. The molecular weight excluding hydrogens is 340 g/mol. The van der Waals surface area contributed by atoms with Gasteiger partial charge >= 0.3 is 0 Å². The number of aromatic nitrogens is 5. The minimum atomic E-state index is -0.140. The minimum Gasteiger partial charge on any atom is -0.356 e. The first-order chi connectivity index (χ1) is 12.1. The standard InChI is InChI=1S/C16H18N6O2S/c1-9-7-13(24-20-9)12-8-18-22(14(12)11-3-4-11)6-5-17-16(23)15-10(2)19-21-25-15/h7-8,11H,3-6H2,1-2H3,(H,17,23). The van der Waals surface area contributed by atoms with Crippen molar-refractivity contribution in [2.75, 3.05) is 6.54 Å². The Morgan fingerprint density at radius 1 is 1.44 bits per heavy atom. The van der Waals surface area contributed by atoms with E-state index < -0.39 is 0 Å². The largest absolute Gasteiger partial charge is 0.356 e. The SMILES string of the molecule is Cc1cc(-c2cnn(CCNC(=O)c3snnc3C)c2C2CC2)on1. The van der Waals surface area contributed by atoms with Crippen LogP contribution >= 0.6 is 11.5 Å². The lowest BCUT2D eigenvalue weighted by Crippen LogP contribution is -2.27. The molecule has 0 bridgehead atoms. The monoisotopic (exact) mass is 358 g/mol. The molecule has 1 fully saturated rings. The second kappa shape index (κ2) is 6.40. The van der Waals surface area contributed by atoms with Crippen LogP contribution in [0.25, 0.3) is 11.3 Å². The maximum atomic E-state index is 12.1. The molecule has 4 rings (SSSR count). The Morgan fingerprint density at radius 2 is 2.28 bits per heavy atom. The highest BCUT2D eigenvalue weighted by atomic mass is 32.1. The zero-order chi connectivity index (χ0) is 17.4. The minimum absolute atomic E-state index is 0.140. The highest BCUT2D eigenvalue weighted by Crippen LogP contribution is 2.44. The van der Waals surface area contributed by atoms with Crippen LogP contribution in [-0.4, -0.2) is 37.0 Å². The van der Waals surface area contributed by atoms with E-state index >= 15 is 0 Å². The fourth-order valence-corrected chi connectivity index (χ4v) is 3.41. The molecule has 3 heterocycles. The van der Waals surface area contributed by atoms with E-state index in [1.165, 1.54) is 5.69 Å². The first-order valence-electron chi connectivity index (χ1n) is 8.20. The van der Waals surface area contributed by atoms with Crippen LogP contribution in [0.15, 0.2) is 16.8 Å². The van der Waals surface area contributed by atoms with Gasteiger partial charge in [0.2, 0.25) is 0 Å². The molecule has 1 aliphatic rings. The number of rotatable bonds is 6. The van der Waals surface area contributed by atoms with Gasteiger partial charge in [0, 0.05) is 18.5 Å². The van der Waals surface area contributed by atoms with Crippen LogP contribution in [0.3, 0.4) is 0 Å². The summed E-state index contributed by atoms with van der Waals surface area (Å²) in [6.45, 7) is 4.78. The molecule has 8 nitrogen and oxygen atoms in total. The van der Waals surface area contributed by atoms with Gasteiger partial charge in [-0.15, -0.1) is 5.10 Å². The van der Waals surface area contributed by atoms with E-state index in [0.717, 1.165) is 41.4 Å². The lowest BCUT2D eigenvalue weighted by atomic mass is 10.1. The van der Waals surface area contributed by atoms with Crippen molar-refractivity contribution in [1.82, 2.24) is 29.8 Å². The van der Waals surface area contributed by atoms with Gasteiger partial charge in [-0.1, -0.05) is 9.64 Å². The Hall–Kier alpha value is -2.55. The predicted molar refractivity (Wildman–Crippen MR) is 91.4 cm³/mol. The number of hydrogen-bond acceptors (Lipinski definition) is 7. The molecule has 0 radical (unpaired) electrons. The van der Waals surface area contributed by atoms with Crippen LogP contribution in [0.2, 0.25) is 0 Å². The van der Waals surface area contributed by atoms with Crippen molar-refractivity contribution in [3.05, 3.63) is 34.2 Å². The Bertz CT molecular complexity index is 908. The normalized spacial score (nSPS) is 14.0. The van der Waals surface area contributed by atoms with Crippen LogP contribution < -0.4 is 5.32 Å². The summed E-state index contributed by atoms with van der Waals surface area (Å²) in [6, 6.07) is 1.93. The van der Waals surface area contributed by atoms with Gasteiger partial charge in [0.25, 0.3) is 5.91 Å². The maximum absolute atomic E-state index is 12.1. The fourth-order valence-electron chi connectivity index (χ4n) is 2.84. The molecule has 3 aromatic rings. The molecule has 1 aliphatic carbocycles. The van der Waals surface area contributed by atoms with E-state index in [0.29, 0.717) is 29.6 Å². The summed E-state index contributed by atoms with van der Waals surface area (Å²) < 4.78 is 11.2. The average molecular weight is 358 g/mol. The summed E-state index contributed by atoms with van der Waals surface area (Å²) in [7, 11) is 0. The predicted octanol–water partition coefficient (Wildman–Crippen LogP) is 2.31. The third-order valence-electron chi connectivity index (χ3n) is 4.20. The van der Waals surface area contributed by atoms with Crippen molar-refractivity contribution >= 4 is 17.4 Å². The molecule has 0 unspecified atom stereocenters. The van der Waals surface area contributed by atoms with Gasteiger partial charge in [0.1, 0.15) is 4.88 Å². The summed E-state index contributed by atoms with van der Waals surface area (Å²) in [5, 5.41) is 15.2. The van der Waals surface area contributed by atoms with Crippen molar-refractivity contribution in [3.8, 4) is 11.3 Å². The van der Waals surface area contributed by atoms with E-state index in [1.54, 1.807) is 6.92 Å². The summed E-state index contributed by atoms with van der Waals surface area (Å²) in [5.74, 6) is 1.12. The van der Waals surface area contributed by atoms with Crippen molar-refractivity contribution in [1.29, 1.82) is 0 Å². The second-order valence-corrected chi connectivity index (χ2v) is 6.97. The topological polar surface area (TPSA) is 98.7 Å². The third kappa shape index (κ3) is 3.19. The molecular formula is C16H18N6O2S. The van der Waals surface area contributed by atoms with Gasteiger partial charge in [0.15, 0.2) is 5.76 Å². The van der Waals surface area contributed by atoms with E-state index in [2.05, 4.69) is 25.2 Å². The molecule has 3 aromatic heterocycles. The van der Waals surface area contributed by atoms with Crippen molar-refractivity contribution < 1.29 is 9.32 Å². The van der Waals surface area contributed by atoms with E-state index in [4.69, 9.17) is 4.52 Å². The van der Waals surface area contributed by atoms with Crippen LogP contribution in [0.5, 0.6) is 0 Å². The van der Waals surface area contributed by atoms with Gasteiger partial charge in [-0.25, -0.2) is 0 Å². The summed E-state index contributed by atoms with van der Waals surface area (Å²) >= 11 is 1.11. The number of hydrogen-bond donors (Lipinski definition) is 1. The lowest BCUT2D eigenvalue weighted by molar-refractivity contribution is 0.0955. The van der Waals surface area contributed by atoms with Gasteiger partial charge in [-0.05, 0) is 38.2 Å². The summed E-state index contributed by atoms with van der Waals surface area (Å²) in [4.78, 5) is 12.7. The molecule has 9 heteroatoms. The number of amides is 1. The van der Waals surface area contributed by atoms with Crippen LogP contribution in [0.4, 0.5) is 0 Å². The van der Waals surface area contributed by atoms with E-state index in [9.17, 15) is 4.79 Å². The third-order valence-corrected chi connectivity index (χ3v) is 5.03.